The molecule has 0 aliphatic carbocycles. The maximum absolute atomic E-state index is 13.1. The molecule has 27 heavy (non-hydrogen) atoms. The number of amides is 3. The van der Waals surface area contributed by atoms with Gasteiger partial charge in [0.1, 0.15) is 12.2 Å². The van der Waals surface area contributed by atoms with Crippen LogP contribution < -0.4 is 4.90 Å². The zero-order chi connectivity index (χ0) is 19.3. The third-order valence-corrected chi connectivity index (χ3v) is 5.93. The zero-order valence-corrected chi connectivity index (χ0v) is 15.1. The summed E-state index contributed by atoms with van der Waals surface area (Å²) in [4.78, 5) is 54.2. The van der Waals surface area contributed by atoms with Gasteiger partial charge in [-0.2, -0.15) is 0 Å². The summed E-state index contributed by atoms with van der Waals surface area (Å²) in [5.41, 5.74) is 0.107. The normalized spacial score (nSPS) is 27.0. The van der Waals surface area contributed by atoms with E-state index >= 15 is 0 Å². The van der Waals surface area contributed by atoms with Crippen LogP contribution in [-0.4, -0.2) is 63.9 Å². The average molecular weight is 371 g/mol. The molecule has 8 heteroatoms. The molecule has 2 unspecified atom stereocenters. The molecule has 142 valence electrons. The number of hydrogen-bond acceptors (Lipinski definition) is 4. The fourth-order valence-corrected chi connectivity index (χ4v) is 4.36. The molecule has 3 amide bonds. The molecule has 4 rings (SSSR count). The standard InChI is InChI=1S/C19H21N3O5/c1-19-8-6-15(23)22(19)14-5-3-2-4-13(14)17(25)21(19)11-16(24)20-9-7-12(10-20)18(26)27/h2-5,12H,6-11H2,1H3,(H,26,27). The van der Waals surface area contributed by atoms with Crippen molar-refractivity contribution in [2.45, 2.75) is 31.8 Å². The van der Waals surface area contributed by atoms with Crippen LogP contribution in [0.25, 0.3) is 0 Å². The lowest BCUT2D eigenvalue weighted by Gasteiger charge is -2.48. The summed E-state index contributed by atoms with van der Waals surface area (Å²) in [7, 11) is 0. The summed E-state index contributed by atoms with van der Waals surface area (Å²) in [6, 6.07) is 6.94. The lowest BCUT2D eigenvalue weighted by Crippen LogP contribution is -2.64. The van der Waals surface area contributed by atoms with Crippen LogP contribution in [0.1, 0.15) is 36.5 Å². The van der Waals surface area contributed by atoms with Crippen molar-refractivity contribution in [3.63, 3.8) is 0 Å². The van der Waals surface area contributed by atoms with Crippen molar-refractivity contribution in [3.8, 4) is 0 Å². The number of carboxylic acids is 1. The first-order valence-corrected chi connectivity index (χ1v) is 9.07. The number of para-hydroxylation sites is 1. The molecule has 0 spiro atoms. The third kappa shape index (κ3) is 2.58. The zero-order valence-electron chi connectivity index (χ0n) is 15.1. The molecule has 1 N–H and O–H groups in total. The second kappa shape index (κ2) is 6.07. The van der Waals surface area contributed by atoms with Gasteiger partial charge >= 0.3 is 5.97 Å². The first-order valence-electron chi connectivity index (χ1n) is 9.07. The Morgan fingerprint density at radius 1 is 1.26 bits per heavy atom. The molecule has 0 radical (unpaired) electrons. The maximum atomic E-state index is 13.1. The van der Waals surface area contributed by atoms with Gasteiger partial charge in [-0.1, -0.05) is 12.1 Å². The van der Waals surface area contributed by atoms with E-state index in [1.807, 2.05) is 6.92 Å². The summed E-state index contributed by atoms with van der Waals surface area (Å²) >= 11 is 0. The summed E-state index contributed by atoms with van der Waals surface area (Å²) in [5, 5.41) is 9.13. The number of benzene rings is 1. The SMILES string of the molecule is CC12CCC(=O)N1c1ccccc1C(=O)N2CC(=O)N1CCC(C(=O)O)C1. The van der Waals surface area contributed by atoms with Gasteiger partial charge in [0.05, 0.1) is 17.2 Å². The van der Waals surface area contributed by atoms with Crippen LogP contribution >= 0.6 is 0 Å². The van der Waals surface area contributed by atoms with Crippen molar-refractivity contribution in [1.82, 2.24) is 9.80 Å². The Morgan fingerprint density at radius 3 is 2.70 bits per heavy atom. The molecule has 0 bridgehead atoms. The molecule has 2 saturated heterocycles. The molecule has 0 aromatic heterocycles. The Balaban J connectivity index is 1.63. The maximum Gasteiger partial charge on any atom is 0.308 e. The third-order valence-electron chi connectivity index (χ3n) is 5.93. The minimum atomic E-state index is -0.909. The number of carbonyl (C=O) groups excluding carboxylic acids is 3. The van der Waals surface area contributed by atoms with Gasteiger partial charge in [0, 0.05) is 19.5 Å². The molecule has 2 atom stereocenters. The predicted molar refractivity (Wildman–Crippen MR) is 94.9 cm³/mol. The van der Waals surface area contributed by atoms with Gasteiger partial charge in [0.25, 0.3) is 5.91 Å². The number of carboxylic acid groups (broad SMARTS) is 1. The number of fused-ring (bicyclic) bond motifs is 3. The fourth-order valence-electron chi connectivity index (χ4n) is 4.36. The second-order valence-electron chi connectivity index (χ2n) is 7.52. The first-order chi connectivity index (χ1) is 12.8. The Morgan fingerprint density at radius 2 is 2.00 bits per heavy atom. The second-order valence-corrected chi connectivity index (χ2v) is 7.52. The highest BCUT2D eigenvalue weighted by Gasteiger charge is 2.53. The largest absolute Gasteiger partial charge is 0.481 e. The van der Waals surface area contributed by atoms with Crippen LogP contribution in [0.15, 0.2) is 24.3 Å². The molecule has 2 fully saturated rings. The van der Waals surface area contributed by atoms with Crippen molar-refractivity contribution < 1.29 is 24.3 Å². The van der Waals surface area contributed by atoms with Crippen LogP contribution in [0.4, 0.5) is 5.69 Å². The number of anilines is 1. The van der Waals surface area contributed by atoms with E-state index in [1.165, 1.54) is 9.80 Å². The number of aliphatic carboxylic acids is 1. The van der Waals surface area contributed by atoms with Crippen LogP contribution in [0.3, 0.4) is 0 Å². The van der Waals surface area contributed by atoms with Gasteiger partial charge in [-0.15, -0.1) is 0 Å². The number of nitrogens with zero attached hydrogens (tertiary/aromatic N) is 3. The monoisotopic (exact) mass is 371 g/mol. The van der Waals surface area contributed by atoms with E-state index < -0.39 is 17.6 Å². The lowest BCUT2D eigenvalue weighted by atomic mass is 9.98. The van der Waals surface area contributed by atoms with Crippen LogP contribution in [0.2, 0.25) is 0 Å². The summed E-state index contributed by atoms with van der Waals surface area (Å²) in [5.74, 6) is -2.10. The molecule has 3 heterocycles. The van der Waals surface area contributed by atoms with Gasteiger partial charge in [-0.05, 0) is 31.9 Å². The number of carbonyl (C=O) groups is 4. The van der Waals surface area contributed by atoms with Gasteiger partial charge in [-0.25, -0.2) is 0 Å². The lowest BCUT2D eigenvalue weighted by molar-refractivity contribution is -0.141. The van der Waals surface area contributed by atoms with Crippen LogP contribution in [0, 0.1) is 5.92 Å². The molecule has 3 aliphatic rings. The fraction of sp³-hybridized carbons (Fsp3) is 0.474. The number of likely N-dealkylation sites (tertiary alicyclic amines) is 1. The van der Waals surface area contributed by atoms with E-state index in [2.05, 4.69) is 0 Å². The molecule has 1 aromatic rings. The topological polar surface area (TPSA) is 98.2 Å². The van der Waals surface area contributed by atoms with Gasteiger partial charge in [-0.3, -0.25) is 24.1 Å². The van der Waals surface area contributed by atoms with E-state index in [-0.39, 0.29) is 30.8 Å². The quantitative estimate of drug-likeness (QED) is 0.852. The van der Waals surface area contributed by atoms with E-state index in [9.17, 15) is 19.2 Å². The molecule has 8 nitrogen and oxygen atoms in total. The van der Waals surface area contributed by atoms with E-state index in [0.717, 1.165) is 0 Å². The number of hydrogen-bond donors (Lipinski definition) is 1. The van der Waals surface area contributed by atoms with Crippen molar-refractivity contribution in [2.24, 2.45) is 5.92 Å². The van der Waals surface area contributed by atoms with E-state index in [1.54, 1.807) is 29.2 Å². The highest BCUT2D eigenvalue weighted by atomic mass is 16.4. The average Bonchev–Trinajstić information content (AvgIpc) is 3.25. The number of rotatable bonds is 3. The molecule has 3 aliphatic heterocycles. The van der Waals surface area contributed by atoms with Gasteiger partial charge in [0.15, 0.2) is 0 Å². The van der Waals surface area contributed by atoms with Crippen LogP contribution in [0.5, 0.6) is 0 Å². The first kappa shape index (κ1) is 17.5. The van der Waals surface area contributed by atoms with Gasteiger partial charge < -0.3 is 14.9 Å². The Labute approximate surface area is 156 Å². The van der Waals surface area contributed by atoms with Crippen molar-refractivity contribution >= 4 is 29.4 Å². The van der Waals surface area contributed by atoms with Crippen LogP contribution in [-0.2, 0) is 14.4 Å². The minimum Gasteiger partial charge on any atom is -0.481 e. The van der Waals surface area contributed by atoms with Crippen molar-refractivity contribution in [2.75, 3.05) is 24.5 Å². The highest BCUT2D eigenvalue weighted by Crippen LogP contribution is 2.43. The Bertz CT molecular complexity index is 854. The minimum absolute atomic E-state index is 0.0676. The molecule has 0 saturated carbocycles. The van der Waals surface area contributed by atoms with E-state index in [0.29, 0.717) is 37.1 Å². The molecular weight excluding hydrogens is 350 g/mol. The Hall–Kier alpha value is -2.90. The summed E-state index contributed by atoms with van der Waals surface area (Å²) < 4.78 is 0. The Kier molecular flexibility index (Phi) is 3.94. The smallest absolute Gasteiger partial charge is 0.308 e. The van der Waals surface area contributed by atoms with Gasteiger partial charge in [0.2, 0.25) is 11.8 Å². The van der Waals surface area contributed by atoms with Crippen molar-refractivity contribution in [3.05, 3.63) is 29.8 Å². The summed E-state index contributed by atoms with van der Waals surface area (Å²) in [6.07, 6.45) is 1.18. The highest BCUT2D eigenvalue weighted by molar-refractivity contribution is 6.11. The predicted octanol–water partition coefficient (Wildman–Crippen LogP) is 0.918. The molecular formula is C19H21N3O5. The van der Waals surface area contributed by atoms with Crippen molar-refractivity contribution in [1.29, 1.82) is 0 Å². The summed E-state index contributed by atoms with van der Waals surface area (Å²) in [6.45, 7) is 2.17. The van der Waals surface area contributed by atoms with E-state index in [4.69, 9.17) is 5.11 Å². The molecule has 1 aromatic carbocycles.